The van der Waals surface area contributed by atoms with Crippen LogP contribution in [0, 0.1) is 18.6 Å². The number of ether oxygens (including phenoxy) is 1. The number of nitrogens with two attached hydrogens (primary N) is 1. The van der Waals surface area contributed by atoms with E-state index in [2.05, 4.69) is 0 Å². The van der Waals surface area contributed by atoms with Crippen LogP contribution in [0.4, 0.5) is 22.0 Å². The first kappa shape index (κ1) is 31.3. The highest BCUT2D eigenvalue weighted by atomic mass is 19.4. The van der Waals surface area contributed by atoms with Gasteiger partial charge in [0.1, 0.15) is 5.82 Å². The van der Waals surface area contributed by atoms with Gasteiger partial charge in [0.25, 0.3) is 5.56 Å². The predicted octanol–water partition coefficient (Wildman–Crippen LogP) is 6.07. The van der Waals surface area contributed by atoms with Crippen molar-refractivity contribution >= 4 is 0 Å². The minimum atomic E-state index is -4.92. The van der Waals surface area contributed by atoms with E-state index in [4.69, 9.17) is 10.5 Å². The SMILES string of the molecule is CC.COc1cccc(-c2c(C)n(Cc3c(F)cccc3C(F)(F)F)c(=O)n(CC(N)c3ccccc3)c2=O)c1F. The fourth-order valence-corrected chi connectivity index (χ4v) is 4.46. The number of alkyl halides is 3. The monoisotopic (exact) mass is 575 g/mol. The molecule has 6 nitrogen and oxygen atoms in total. The molecule has 0 aliphatic rings. The maximum Gasteiger partial charge on any atom is 0.416 e. The van der Waals surface area contributed by atoms with Crippen LogP contribution in [0.1, 0.15) is 42.3 Å². The van der Waals surface area contributed by atoms with E-state index in [1.54, 1.807) is 30.3 Å². The molecule has 0 fully saturated rings. The van der Waals surface area contributed by atoms with Crippen LogP contribution in [0.25, 0.3) is 11.1 Å². The van der Waals surface area contributed by atoms with Gasteiger partial charge in [-0.05, 0) is 30.7 Å². The number of hydrogen-bond donors (Lipinski definition) is 1. The van der Waals surface area contributed by atoms with Gasteiger partial charge in [-0.3, -0.25) is 13.9 Å². The highest BCUT2D eigenvalue weighted by Gasteiger charge is 2.35. The Bertz CT molecular complexity index is 1630. The summed E-state index contributed by atoms with van der Waals surface area (Å²) in [6.45, 7) is 4.04. The highest BCUT2D eigenvalue weighted by Crippen LogP contribution is 2.34. The molecule has 0 saturated heterocycles. The van der Waals surface area contributed by atoms with Gasteiger partial charge >= 0.3 is 11.9 Å². The molecule has 0 aliphatic heterocycles. The van der Waals surface area contributed by atoms with Crippen molar-refractivity contribution < 1.29 is 26.7 Å². The minimum absolute atomic E-state index is 0.155. The number of halogens is 5. The highest BCUT2D eigenvalue weighted by molar-refractivity contribution is 5.67. The Hall–Kier alpha value is -4.25. The molecule has 1 aromatic heterocycles. The molecule has 0 bridgehead atoms. The molecule has 0 radical (unpaired) electrons. The van der Waals surface area contributed by atoms with Crippen LogP contribution in [-0.4, -0.2) is 16.2 Å². The third-order valence-corrected chi connectivity index (χ3v) is 6.49. The lowest BCUT2D eigenvalue weighted by atomic mass is 10.0. The molecule has 3 aromatic carbocycles. The lowest BCUT2D eigenvalue weighted by Crippen LogP contribution is -2.44. The number of hydrogen-bond acceptors (Lipinski definition) is 4. The Morgan fingerprint density at radius 2 is 1.54 bits per heavy atom. The third kappa shape index (κ3) is 6.40. The maximum atomic E-state index is 15.3. The largest absolute Gasteiger partial charge is 0.494 e. The van der Waals surface area contributed by atoms with Crippen molar-refractivity contribution in [3.8, 4) is 16.9 Å². The second-order valence-corrected chi connectivity index (χ2v) is 8.85. The van der Waals surface area contributed by atoms with Gasteiger partial charge in [0.15, 0.2) is 11.6 Å². The Morgan fingerprint density at radius 3 is 2.15 bits per heavy atom. The molecule has 2 N–H and O–H groups in total. The van der Waals surface area contributed by atoms with Crippen LogP contribution in [-0.2, 0) is 19.3 Å². The lowest BCUT2D eigenvalue weighted by molar-refractivity contribution is -0.138. The molecule has 4 aromatic rings. The van der Waals surface area contributed by atoms with E-state index < -0.39 is 52.8 Å². The average Bonchev–Trinajstić information content (AvgIpc) is 2.96. The quantitative estimate of drug-likeness (QED) is 0.272. The van der Waals surface area contributed by atoms with Crippen molar-refractivity contribution in [2.75, 3.05) is 7.11 Å². The first-order chi connectivity index (χ1) is 19.5. The molecule has 1 heterocycles. The fraction of sp³-hybridized carbons (Fsp3) is 0.267. The molecule has 0 aliphatic carbocycles. The number of methoxy groups -OCH3 is 1. The molecule has 4 rings (SSSR count). The zero-order valence-corrected chi connectivity index (χ0v) is 22.9. The van der Waals surface area contributed by atoms with Gasteiger partial charge in [-0.2, -0.15) is 13.2 Å². The Kier molecular flexibility index (Phi) is 9.88. The minimum Gasteiger partial charge on any atom is -0.494 e. The standard InChI is InChI=1S/C28H24F5N3O3.C2H6/c1-16-24(18-10-6-13-23(39-2)25(18)30)26(37)36(15-22(34)17-8-4-3-5-9-17)27(38)35(16)14-19-20(28(31,32)33)11-7-12-21(19)29;1-2/h3-13,22H,14-15,34H2,1-2H3;1-2H3. The summed E-state index contributed by atoms with van der Waals surface area (Å²) >= 11 is 0. The molecule has 0 saturated carbocycles. The van der Waals surface area contributed by atoms with Gasteiger partial charge in [0.05, 0.1) is 31.3 Å². The molecular weight excluding hydrogens is 545 g/mol. The average molecular weight is 576 g/mol. The summed E-state index contributed by atoms with van der Waals surface area (Å²) < 4.78 is 77.8. The smallest absolute Gasteiger partial charge is 0.416 e. The molecule has 1 atom stereocenters. The summed E-state index contributed by atoms with van der Waals surface area (Å²) in [7, 11) is 1.23. The van der Waals surface area contributed by atoms with Gasteiger partial charge in [0.2, 0.25) is 0 Å². The van der Waals surface area contributed by atoms with Crippen molar-refractivity contribution in [3.05, 3.63) is 122 Å². The van der Waals surface area contributed by atoms with Crippen LogP contribution in [0.3, 0.4) is 0 Å². The van der Waals surface area contributed by atoms with Crippen molar-refractivity contribution in [2.24, 2.45) is 5.73 Å². The predicted molar refractivity (Wildman–Crippen MR) is 147 cm³/mol. The van der Waals surface area contributed by atoms with Crippen LogP contribution < -0.4 is 21.7 Å². The van der Waals surface area contributed by atoms with E-state index in [0.717, 1.165) is 21.3 Å². The third-order valence-electron chi connectivity index (χ3n) is 6.49. The normalized spacial score (nSPS) is 12.0. The Labute approximate surface area is 233 Å². The number of aromatic nitrogens is 2. The second kappa shape index (κ2) is 12.9. The van der Waals surface area contributed by atoms with Crippen LogP contribution in [0.5, 0.6) is 5.75 Å². The Morgan fingerprint density at radius 1 is 0.902 bits per heavy atom. The summed E-state index contributed by atoms with van der Waals surface area (Å²) in [5.41, 5.74) is 2.15. The molecule has 218 valence electrons. The topological polar surface area (TPSA) is 79.2 Å². The van der Waals surface area contributed by atoms with E-state index in [0.29, 0.717) is 11.6 Å². The summed E-state index contributed by atoms with van der Waals surface area (Å²) in [4.78, 5) is 27.3. The fourth-order valence-electron chi connectivity index (χ4n) is 4.46. The van der Waals surface area contributed by atoms with Crippen molar-refractivity contribution in [2.45, 2.75) is 46.1 Å². The number of nitrogens with zero attached hydrogens (tertiary/aromatic N) is 2. The molecule has 11 heteroatoms. The van der Waals surface area contributed by atoms with Crippen molar-refractivity contribution in [1.29, 1.82) is 0 Å². The van der Waals surface area contributed by atoms with E-state index >= 15 is 4.39 Å². The number of rotatable bonds is 7. The first-order valence-corrected chi connectivity index (χ1v) is 12.8. The molecular formula is C30H30F5N3O3. The van der Waals surface area contributed by atoms with Crippen LogP contribution in [0.2, 0.25) is 0 Å². The maximum absolute atomic E-state index is 15.3. The Balaban J connectivity index is 0.00000226. The summed E-state index contributed by atoms with van der Waals surface area (Å²) in [5, 5.41) is 0. The molecule has 41 heavy (non-hydrogen) atoms. The van der Waals surface area contributed by atoms with E-state index in [1.165, 1.54) is 32.2 Å². The van der Waals surface area contributed by atoms with Crippen molar-refractivity contribution in [3.63, 3.8) is 0 Å². The van der Waals surface area contributed by atoms with Gasteiger partial charge in [-0.1, -0.05) is 62.4 Å². The van der Waals surface area contributed by atoms with E-state index in [-0.39, 0.29) is 29.1 Å². The van der Waals surface area contributed by atoms with Gasteiger partial charge in [-0.25, -0.2) is 13.6 Å². The summed E-state index contributed by atoms with van der Waals surface area (Å²) in [6.07, 6.45) is -4.92. The van der Waals surface area contributed by atoms with Crippen LogP contribution >= 0.6 is 0 Å². The second-order valence-electron chi connectivity index (χ2n) is 8.85. The first-order valence-electron chi connectivity index (χ1n) is 12.8. The van der Waals surface area contributed by atoms with Gasteiger partial charge < -0.3 is 10.5 Å². The number of benzene rings is 3. The van der Waals surface area contributed by atoms with Crippen molar-refractivity contribution in [1.82, 2.24) is 9.13 Å². The molecule has 0 amide bonds. The molecule has 1 unspecified atom stereocenters. The van der Waals surface area contributed by atoms with Gasteiger partial charge in [-0.15, -0.1) is 0 Å². The zero-order valence-electron chi connectivity index (χ0n) is 22.9. The lowest BCUT2D eigenvalue weighted by Gasteiger charge is -2.21. The van der Waals surface area contributed by atoms with Crippen LogP contribution in [0.15, 0.2) is 76.3 Å². The van der Waals surface area contributed by atoms with E-state index in [9.17, 15) is 27.2 Å². The van der Waals surface area contributed by atoms with Gasteiger partial charge in [0, 0.05) is 22.9 Å². The summed E-state index contributed by atoms with van der Waals surface area (Å²) in [5.74, 6) is -2.29. The zero-order chi connectivity index (χ0) is 30.5. The summed E-state index contributed by atoms with van der Waals surface area (Å²) in [6, 6.07) is 14.1. The van der Waals surface area contributed by atoms with E-state index in [1.807, 2.05) is 13.8 Å². The molecule has 0 spiro atoms.